The van der Waals surface area contributed by atoms with Crippen molar-refractivity contribution < 1.29 is 26.9 Å². The van der Waals surface area contributed by atoms with Crippen molar-refractivity contribution in [3.63, 3.8) is 0 Å². The number of hydrogen-bond acceptors (Lipinski definition) is 7. The van der Waals surface area contributed by atoms with Crippen molar-refractivity contribution in [2.45, 2.75) is 37.6 Å². The number of hydrogen-bond donors (Lipinski definition) is 1. The fourth-order valence-corrected chi connectivity index (χ4v) is 6.54. The molecule has 2 unspecified atom stereocenters. The Balaban J connectivity index is 1.44. The van der Waals surface area contributed by atoms with Crippen LogP contribution in [-0.4, -0.2) is 74.6 Å². The molecular formula is C23H31FN4O5S. The predicted molar refractivity (Wildman–Crippen MR) is 122 cm³/mol. The molecule has 0 bridgehead atoms. The van der Waals surface area contributed by atoms with Gasteiger partial charge in [-0.25, -0.2) is 12.8 Å². The maximum atomic E-state index is 13.5. The summed E-state index contributed by atoms with van der Waals surface area (Å²) in [4.78, 5) is 15.4. The van der Waals surface area contributed by atoms with Crippen molar-refractivity contribution in [2.75, 3.05) is 45.9 Å². The van der Waals surface area contributed by atoms with Crippen LogP contribution in [0.2, 0.25) is 0 Å². The molecule has 1 amide bonds. The summed E-state index contributed by atoms with van der Waals surface area (Å²) in [6.07, 6.45) is 1.20. The molecule has 2 aliphatic rings. The number of aryl methyl sites for hydroxylation is 2. The van der Waals surface area contributed by atoms with Gasteiger partial charge in [0.05, 0.1) is 25.2 Å². The fourth-order valence-electron chi connectivity index (χ4n) is 4.72. The van der Waals surface area contributed by atoms with Gasteiger partial charge in [-0.2, -0.15) is 4.31 Å². The minimum absolute atomic E-state index is 0.0808. The molecule has 186 valence electrons. The van der Waals surface area contributed by atoms with Crippen LogP contribution < -0.4 is 5.32 Å². The average molecular weight is 495 g/mol. The van der Waals surface area contributed by atoms with E-state index in [1.165, 1.54) is 16.4 Å². The molecule has 0 spiro atoms. The zero-order chi connectivity index (χ0) is 24.3. The van der Waals surface area contributed by atoms with Crippen molar-refractivity contribution in [3.8, 4) is 0 Å². The highest BCUT2D eigenvalue weighted by Gasteiger charge is 2.36. The van der Waals surface area contributed by atoms with Gasteiger partial charge in [-0.05, 0) is 44.4 Å². The SMILES string of the molecule is Cc1noc(C)c1S(=O)(=O)N1CCCC(C(=O)NCC(c2ccc(F)cc2)N2CCOCC2)C1. The Labute approximate surface area is 199 Å². The molecule has 1 N–H and O–H groups in total. The molecular weight excluding hydrogens is 463 g/mol. The first kappa shape index (κ1) is 24.8. The first-order chi connectivity index (χ1) is 16.3. The van der Waals surface area contributed by atoms with Gasteiger partial charge < -0.3 is 14.6 Å². The van der Waals surface area contributed by atoms with Crippen molar-refractivity contribution >= 4 is 15.9 Å². The lowest BCUT2D eigenvalue weighted by Crippen LogP contribution is -2.48. The van der Waals surface area contributed by atoms with E-state index in [9.17, 15) is 17.6 Å². The number of morpholine rings is 1. The lowest BCUT2D eigenvalue weighted by Gasteiger charge is -2.36. The third-order valence-electron chi connectivity index (χ3n) is 6.53. The smallest absolute Gasteiger partial charge is 0.248 e. The quantitative estimate of drug-likeness (QED) is 0.628. The third-order valence-corrected chi connectivity index (χ3v) is 8.64. The second-order valence-electron chi connectivity index (χ2n) is 8.82. The number of benzene rings is 1. The number of nitrogens with zero attached hydrogens (tertiary/aromatic N) is 3. The minimum Gasteiger partial charge on any atom is -0.379 e. The van der Waals surface area contributed by atoms with Crippen LogP contribution in [0.1, 0.15) is 35.9 Å². The summed E-state index contributed by atoms with van der Waals surface area (Å²) in [5.41, 5.74) is 1.23. The van der Waals surface area contributed by atoms with Crippen molar-refractivity contribution in [1.82, 2.24) is 19.7 Å². The Bertz CT molecular complexity index is 1080. The molecule has 11 heteroatoms. The lowest BCUT2D eigenvalue weighted by atomic mass is 9.98. The van der Waals surface area contributed by atoms with Gasteiger partial charge in [-0.15, -0.1) is 0 Å². The molecule has 3 heterocycles. The largest absolute Gasteiger partial charge is 0.379 e. The summed E-state index contributed by atoms with van der Waals surface area (Å²) < 4.78 is 51.7. The topological polar surface area (TPSA) is 105 Å². The van der Waals surface area contributed by atoms with Crippen LogP contribution in [0.3, 0.4) is 0 Å². The number of carbonyl (C=O) groups excluding carboxylic acids is 1. The maximum absolute atomic E-state index is 13.5. The summed E-state index contributed by atoms with van der Waals surface area (Å²) >= 11 is 0. The van der Waals surface area contributed by atoms with Gasteiger partial charge in [0.2, 0.25) is 15.9 Å². The minimum atomic E-state index is -3.80. The van der Waals surface area contributed by atoms with E-state index in [0.717, 1.165) is 5.56 Å². The van der Waals surface area contributed by atoms with Crippen LogP contribution >= 0.6 is 0 Å². The van der Waals surface area contributed by atoms with Gasteiger partial charge in [0.15, 0.2) is 5.76 Å². The molecule has 2 atom stereocenters. The second-order valence-corrected chi connectivity index (χ2v) is 10.7. The Morgan fingerprint density at radius 1 is 1.21 bits per heavy atom. The summed E-state index contributed by atoms with van der Waals surface area (Å²) in [6.45, 7) is 6.60. The number of halogens is 1. The molecule has 1 aromatic heterocycles. The van der Waals surface area contributed by atoms with E-state index in [-0.39, 0.29) is 35.0 Å². The van der Waals surface area contributed by atoms with Crippen molar-refractivity contribution in [3.05, 3.63) is 47.1 Å². The third kappa shape index (κ3) is 5.32. The van der Waals surface area contributed by atoms with E-state index >= 15 is 0 Å². The lowest BCUT2D eigenvalue weighted by molar-refractivity contribution is -0.126. The molecule has 2 aromatic rings. The van der Waals surface area contributed by atoms with Crippen LogP contribution in [0.15, 0.2) is 33.7 Å². The first-order valence-electron chi connectivity index (χ1n) is 11.6. The molecule has 9 nitrogen and oxygen atoms in total. The van der Waals surface area contributed by atoms with Crippen LogP contribution in [-0.2, 0) is 19.6 Å². The number of nitrogens with one attached hydrogen (secondary N) is 1. The highest BCUT2D eigenvalue weighted by atomic mass is 32.2. The van der Waals surface area contributed by atoms with Crippen LogP contribution in [0.5, 0.6) is 0 Å². The molecule has 2 saturated heterocycles. The Morgan fingerprint density at radius 3 is 2.56 bits per heavy atom. The zero-order valence-corrected chi connectivity index (χ0v) is 20.3. The fraction of sp³-hybridized carbons (Fsp3) is 0.565. The van der Waals surface area contributed by atoms with Crippen molar-refractivity contribution in [2.24, 2.45) is 5.92 Å². The Hall–Kier alpha value is -2.34. The number of aromatic nitrogens is 1. The summed E-state index contributed by atoms with van der Waals surface area (Å²) in [7, 11) is -3.80. The normalized spacial score (nSPS) is 21.3. The number of piperidine rings is 1. The molecule has 2 aliphatic heterocycles. The van der Waals surface area contributed by atoms with Gasteiger partial charge in [0.1, 0.15) is 16.4 Å². The number of amides is 1. The van der Waals surface area contributed by atoms with Crippen LogP contribution in [0, 0.1) is 25.6 Å². The highest BCUT2D eigenvalue weighted by Crippen LogP contribution is 2.28. The number of ether oxygens (including phenoxy) is 1. The predicted octanol–water partition coefficient (Wildman–Crippen LogP) is 2.02. The zero-order valence-electron chi connectivity index (χ0n) is 19.5. The van der Waals surface area contributed by atoms with Crippen LogP contribution in [0.25, 0.3) is 0 Å². The Morgan fingerprint density at radius 2 is 1.91 bits per heavy atom. The van der Waals surface area contributed by atoms with Crippen molar-refractivity contribution in [1.29, 1.82) is 0 Å². The molecule has 34 heavy (non-hydrogen) atoms. The van der Waals surface area contributed by atoms with E-state index in [1.54, 1.807) is 26.0 Å². The second kappa shape index (κ2) is 10.5. The first-order valence-corrected chi connectivity index (χ1v) is 13.0. The van der Waals surface area contributed by atoms with Crippen LogP contribution in [0.4, 0.5) is 4.39 Å². The number of rotatable bonds is 7. The molecule has 1 aromatic carbocycles. The standard InChI is InChI=1S/C23H31FN4O5S/c1-16-22(17(2)33-26-16)34(30,31)28-9-3-4-19(15-28)23(29)25-14-21(27-10-12-32-13-11-27)18-5-7-20(24)8-6-18/h5-8,19,21H,3-4,9-15H2,1-2H3,(H,25,29). The number of carbonyl (C=O) groups is 1. The van der Waals surface area contributed by atoms with E-state index in [1.807, 2.05) is 0 Å². The van der Waals surface area contributed by atoms with E-state index in [0.29, 0.717) is 57.9 Å². The van der Waals surface area contributed by atoms with E-state index < -0.39 is 15.9 Å². The highest BCUT2D eigenvalue weighted by molar-refractivity contribution is 7.89. The van der Waals surface area contributed by atoms with Gasteiger partial charge in [0.25, 0.3) is 0 Å². The Kier molecular flexibility index (Phi) is 7.66. The van der Waals surface area contributed by atoms with Gasteiger partial charge in [-0.1, -0.05) is 17.3 Å². The summed E-state index contributed by atoms with van der Waals surface area (Å²) in [6, 6.07) is 6.19. The maximum Gasteiger partial charge on any atom is 0.248 e. The molecule has 0 aliphatic carbocycles. The van der Waals surface area contributed by atoms with E-state index in [4.69, 9.17) is 9.26 Å². The van der Waals surface area contributed by atoms with E-state index in [2.05, 4.69) is 15.4 Å². The van der Waals surface area contributed by atoms with Gasteiger partial charge in [0, 0.05) is 32.7 Å². The molecule has 0 radical (unpaired) electrons. The average Bonchev–Trinajstić information content (AvgIpc) is 3.19. The number of sulfonamides is 1. The van der Waals surface area contributed by atoms with Gasteiger partial charge in [-0.3, -0.25) is 9.69 Å². The molecule has 2 fully saturated rings. The molecule has 4 rings (SSSR count). The monoisotopic (exact) mass is 494 g/mol. The summed E-state index contributed by atoms with van der Waals surface area (Å²) in [5, 5.41) is 6.79. The van der Waals surface area contributed by atoms with Gasteiger partial charge >= 0.3 is 0 Å². The summed E-state index contributed by atoms with van der Waals surface area (Å²) in [5.74, 6) is -0.700. The molecule has 0 saturated carbocycles.